The summed E-state index contributed by atoms with van der Waals surface area (Å²) in [5.74, 6) is -0.0225. The topological polar surface area (TPSA) is 40.6 Å². The van der Waals surface area contributed by atoms with E-state index in [9.17, 15) is 9.59 Å². The molecule has 0 unspecified atom stereocenters. The molecule has 3 rings (SSSR count). The quantitative estimate of drug-likeness (QED) is 0.766. The molecule has 2 aromatic rings. The van der Waals surface area contributed by atoms with E-state index in [1.807, 2.05) is 74.5 Å². The van der Waals surface area contributed by atoms with Gasteiger partial charge in [0.15, 0.2) is 0 Å². The second kappa shape index (κ2) is 9.18. The first-order valence-corrected chi connectivity index (χ1v) is 9.58. The van der Waals surface area contributed by atoms with E-state index in [1.165, 1.54) is 11.1 Å². The van der Waals surface area contributed by atoms with Gasteiger partial charge in [0.25, 0.3) is 0 Å². The van der Waals surface area contributed by atoms with Crippen molar-refractivity contribution in [1.82, 2.24) is 9.80 Å². The molecule has 0 aromatic heterocycles. The van der Waals surface area contributed by atoms with E-state index >= 15 is 0 Å². The van der Waals surface area contributed by atoms with Gasteiger partial charge in [-0.3, -0.25) is 9.59 Å². The maximum atomic E-state index is 12.4. The molecule has 0 N–H and O–H groups in total. The Kier molecular flexibility index (Phi) is 6.43. The van der Waals surface area contributed by atoms with E-state index in [1.54, 1.807) is 22.0 Å². The molecule has 1 heterocycles. The van der Waals surface area contributed by atoms with Crippen molar-refractivity contribution < 1.29 is 9.59 Å². The molecular formula is C24H26N2O2. The molecular weight excluding hydrogens is 348 g/mol. The van der Waals surface area contributed by atoms with Crippen LogP contribution in [0.1, 0.15) is 22.3 Å². The van der Waals surface area contributed by atoms with E-state index in [0.717, 1.165) is 11.1 Å². The molecule has 2 aromatic carbocycles. The molecule has 144 valence electrons. The monoisotopic (exact) mass is 374 g/mol. The van der Waals surface area contributed by atoms with Crippen LogP contribution in [0.4, 0.5) is 0 Å². The van der Waals surface area contributed by atoms with E-state index in [2.05, 4.69) is 0 Å². The molecule has 1 aliphatic heterocycles. The van der Waals surface area contributed by atoms with Crippen molar-refractivity contribution in [2.24, 2.45) is 0 Å². The van der Waals surface area contributed by atoms with Gasteiger partial charge in [-0.25, -0.2) is 0 Å². The number of aryl methyl sites for hydroxylation is 2. The molecule has 0 saturated carbocycles. The molecule has 0 bridgehead atoms. The van der Waals surface area contributed by atoms with Crippen molar-refractivity contribution in [3.8, 4) is 0 Å². The average molecular weight is 374 g/mol. The van der Waals surface area contributed by atoms with Gasteiger partial charge in [0.2, 0.25) is 11.8 Å². The van der Waals surface area contributed by atoms with Crippen LogP contribution in [0.5, 0.6) is 0 Å². The number of rotatable bonds is 4. The highest BCUT2D eigenvalue weighted by atomic mass is 16.2. The Labute approximate surface area is 166 Å². The van der Waals surface area contributed by atoms with Crippen LogP contribution in [0.15, 0.2) is 60.7 Å². The maximum absolute atomic E-state index is 12.4. The molecule has 4 heteroatoms. The lowest BCUT2D eigenvalue weighted by Crippen LogP contribution is -2.49. The lowest BCUT2D eigenvalue weighted by Gasteiger charge is -2.33. The summed E-state index contributed by atoms with van der Waals surface area (Å²) >= 11 is 0. The zero-order valence-electron chi connectivity index (χ0n) is 16.5. The van der Waals surface area contributed by atoms with Crippen LogP contribution in [0.3, 0.4) is 0 Å². The van der Waals surface area contributed by atoms with Crippen LogP contribution in [-0.4, -0.2) is 47.8 Å². The summed E-state index contributed by atoms with van der Waals surface area (Å²) in [5, 5.41) is 0. The van der Waals surface area contributed by atoms with Crippen molar-refractivity contribution >= 4 is 24.0 Å². The Hall–Kier alpha value is -3.14. The summed E-state index contributed by atoms with van der Waals surface area (Å²) in [6, 6.07) is 16.1. The summed E-state index contributed by atoms with van der Waals surface area (Å²) < 4.78 is 0. The fourth-order valence-corrected chi connectivity index (χ4v) is 3.05. The number of carbonyl (C=O) groups excluding carboxylic acids is 2. The molecule has 0 atom stereocenters. The Morgan fingerprint density at radius 3 is 1.29 bits per heavy atom. The van der Waals surface area contributed by atoms with Gasteiger partial charge in [0, 0.05) is 38.3 Å². The van der Waals surface area contributed by atoms with Gasteiger partial charge in [0.05, 0.1) is 0 Å². The van der Waals surface area contributed by atoms with Crippen molar-refractivity contribution in [1.29, 1.82) is 0 Å². The standard InChI is InChI=1S/C24H26N2O2/c1-19-3-7-21(8-4-19)11-13-23(27)25-15-17-26(18-16-25)24(28)14-12-22-9-5-20(2)6-10-22/h3-14H,15-18H2,1-2H3/b13-11+,14-12+. The lowest BCUT2D eigenvalue weighted by atomic mass is 10.1. The SMILES string of the molecule is Cc1ccc(/C=C/C(=O)N2CCN(C(=O)/C=C/c3ccc(C)cc3)CC2)cc1. The van der Waals surface area contributed by atoms with Crippen molar-refractivity contribution in [2.45, 2.75) is 13.8 Å². The van der Waals surface area contributed by atoms with Gasteiger partial charge in [-0.15, -0.1) is 0 Å². The molecule has 1 saturated heterocycles. The van der Waals surface area contributed by atoms with Crippen LogP contribution < -0.4 is 0 Å². The highest BCUT2D eigenvalue weighted by Crippen LogP contribution is 2.09. The van der Waals surface area contributed by atoms with Gasteiger partial charge in [0.1, 0.15) is 0 Å². The Morgan fingerprint density at radius 1 is 0.643 bits per heavy atom. The fourth-order valence-electron chi connectivity index (χ4n) is 3.05. The van der Waals surface area contributed by atoms with Gasteiger partial charge < -0.3 is 9.80 Å². The number of carbonyl (C=O) groups is 2. The van der Waals surface area contributed by atoms with Crippen LogP contribution in [0, 0.1) is 13.8 Å². The molecule has 4 nitrogen and oxygen atoms in total. The smallest absolute Gasteiger partial charge is 0.246 e. The van der Waals surface area contributed by atoms with Crippen LogP contribution in [0.25, 0.3) is 12.2 Å². The van der Waals surface area contributed by atoms with Crippen LogP contribution >= 0.6 is 0 Å². The van der Waals surface area contributed by atoms with Crippen LogP contribution in [-0.2, 0) is 9.59 Å². The third-order valence-electron chi connectivity index (χ3n) is 4.89. The van der Waals surface area contributed by atoms with Crippen LogP contribution in [0.2, 0.25) is 0 Å². The highest BCUT2D eigenvalue weighted by molar-refractivity contribution is 5.93. The van der Waals surface area contributed by atoms with Gasteiger partial charge in [-0.2, -0.15) is 0 Å². The molecule has 0 aliphatic carbocycles. The summed E-state index contributed by atoms with van der Waals surface area (Å²) in [4.78, 5) is 28.3. The number of hydrogen-bond donors (Lipinski definition) is 0. The second-order valence-corrected chi connectivity index (χ2v) is 7.14. The number of hydrogen-bond acceptors (Lipinski definition) is 2. The van der Waals surface area contributed by atoms with E-state index in [0.29, 0.717) is 26.2 Å². The normalized spacial score (nSPS) is 14.8. The average Bonchev–Trinajstić information content (AvgIpc) is 2.72. The van der Waals surface area contributed by atoms with Gasteiger partial charge in [-0.1, -0.05) is 59.7 Å². The summed E-state index contributed by atoms with van der Waals surface area (Å²) in [5.41, 5.74) is 4.41. The zero-order chi connectivity index (χ0) is 19.9. The Bertz CT molecular complexity index is 796. The van der Waals surface area contributed by atoms with Crippen molar-refractivity contribution in [3.63, 3.8) is 0 Å². The van der Waals surface area contributed by atoms with E-state index in [-0.39, 0.29) is 11.8 Å². The third-order valence-corrected chi connectivity index (χ3v) is 4.89. The summed E-state index contributed by atoms with van der Waals surface area (Å²) in [6.45, 7) is 6.30. The van der Waals surface area contributed by atoms with Gasteiger partial charge in [-0.05, 0) is 37.1 Å². The molecule has 2 amide bonds. The molecule has 0 radical (unpaired) electrons. The molecule has 1 fully saturated rings. The predicted octanol–water partition coefficient (Wildman–Crippen LogP) is 3.70. The minimum absolute atomic E-state index is 0.0112. The second-order valence-electron chi connectivity index (χ2n) is 7.14. The molecule has 1 aliphatic rings. The molecule has 28 heavy (non-hydrogen) atoms. The number of piperazine rings is 1. The first kappa shape index (κ1) is 19.6. The maximum Gasteiger partial charge on any atom is 0.246 e. The Balaban J connectivity index is 1.49. The zero-order valence-corrected chi connectivity index (χ0v) is 16.5. The Morgan fingerprint density at radius 2 is 0.964 bits per heavy atom. The summed E-state index contributed by atoms with van der Waals surface area (Å²) in [7, 11) is 0. The predicted molar refractivity (Wildman–Crippen MR) is 114 cm³/mol. The minimum atomic E-state index is -0.0112. The molecule has 0 spiro atoms. The fraction of sp³-hybridized carbons (Fsp3) is 0.250. The van der Waals surface area contributed by atoms with Crippen molar-refractivity contribution in [3.05, 3.63) is 82.9 Å². The largest absolute Gasteiger partial charge is 0.336 e. The van der Waals surface area contributed by atoms with E-state index in [4.69, 9.17) is 0 Å². The lowest BCUT2D eigenvalue weighted by molar-refractivity contribution is -0.133. The third kappa shape index (κ3) is 5.43. The number of amides is 2. The van der Waals surface area contributed by atoms with Crippen molar-refractivity contribution in [2.75, 3.05) is 26.2 Å². The minimum Gasteiger partial charge on any atom is -0.336 e. The van der Waals surface area contributed by atoms with Gasteiger partial charge >= 0.3 is 0 Å². The highest BCUT2D eigenvalue weighted by Gasteiger charge is 2.21. The van der Waals surface area contributed by atoms with E-state index < -0.39 is 0 Å². The number of nitrogens with zero attached hydrogens (tertiary/aromatic N) is 2. The number of benzene rings is 2. The first-order valence-electron chi connectivity index (χ1n) is 9.58. The first-order chi connectivity index (χ1) is 13.5. The summed E-state index contributed by atoms with van der Waals surface area (Å²) in [6.07, 6.45) is 6.89.